The van der Waals surface area contributed by atoms with Gasteiger partial charge >= 0.3 is 5.97 Å². The summed E-state index contributed by atoms with van der Waals surface area (Å²) in [6, 6.07) is 10.7. The van der Waals surface area contributed by atoms with Gasteiger partial charge in [-0.15, -0.1) is 0 Å². The fourth-order valence-electron chi connectivity index (χ4n) is 1.49. The molecule has 0 fully saturated rings. The Kier molecular flexibility index (Phi) is 3.70. The van der Waals surface area contributed by atoms with Crippen molar-refractivity contribution in [2.75, 3.05) is 7.11 Å². The quantitative estimate of drug-likeness (QED) is 0.364. The molecule has 0 bridgehead atoms. The first kappa shape index (κ1) is 12.5. The molecule has 1 heterocycles. The van der Waals surface area contributed by atoms with Crippen LogP contribution in [-0.2, 0) is 4.74 Å². The Morgan fingerprint density at radius 2 is 2.05 bits per heavy atom. The van der Waals surface area contributed by atoms with Crippen molar-refractivity contribution in [3.63, 3.8) is 0 Å². The van der Waals surface area contributed by atoms with Crippen LogP contribution in [0.1, 0.15) is 10.5 Å². The first-order chi connectivity index (χ1) is 9.24. The zero-order valence-corrected chi connectivity index (χ0v) is 10.0. The predicted octanol–water partition coefficient (Wildman–Crippen LogP) is 2.87. The van der Waals surface area contributed by atoms with E-state index in [2.05, 4.69) is 24.7 Å². The third-order valence-corrected chi connectivity index (χ3v) is 2.31. The molecular weight excluding hydrogens is 246 g/mol. The Morgan fingerprint density at radius 1 is 1.32 bits per heavy atom. The van der Waals surface area contributed by atoms with Gasteiger partial charge in [0.15, 0.2) is 5.69 Å². The van der Waals surface area contributed by atoms with Crippen LogP contribution >= 0.6 is 0 Å². The minimum Gasteiger partial charge on any atom is -0.464 e. The number of aromatic nitrogens is 2. The molecule has 7 heteroatoms. The van der Waals surface area contributed by atoms with Gasteiger partial charge in [0.25, 0.3) is 0 Å². The molecule has 0 radical (unpaired) electrons. The highest BCUT2D eigenvalue weighted by Crippen LogP contribution is 2.20. The highest BCUT2D eigenvalue weighted by molar-refractivity contribution is 5.88. The minimum absolute atomic E-state index is 0.0405. The van der Waals surface area contributed by atoms with Crippen LogP contribution in [0, 0.1) is 0 Å². The second-order valence-corrected chi connectivity index (χ2v) is 3.49. The third kappa shape index (κ3) is 2.85. The molecule has 0 aliphatic heterocycles. The van der Waals surface area contributed by atoms with Crippen molar-refractivity contribution in [2.45, 2.75) is 0 Å². The van der Waals surface area contributed by atoms with E-state index in [1.807, 2.05) is 30.3 Å². The number of methoxy groups -OCH3 is 1. The van der Waals surface area contributed by atoms with Crippen LogP contribution in [0.5, 0.6) is 0 Å². The van der Waals surface area contributed by atoms with Crippen molar-refractivity contribution in [3.05, 3.63) is 52.5 Å². The van der Waals surface area contributed by atoms with Gasteiger partial charge in [-0.25, -0.2) is 14.8 Å². The normalized spacial score (nSPS) is 9.53. The van der Waals surface area contributed by atoms with Crippen LogP contribution in [0.3, 0.4) is 0 Å². The largest absolute Gasteiger partial charge is 0.464 e. The number of hydrogen-bond donors (Lipinski definition) is 0. The Bertz CT molecular complexity index is 650. The fraction of sp³-hybridized carbons (Fsp3) is 0.0833. The zero-order valence-electron chi connectivity index (χ0n) is 10.0. The summed E-state index contributed by atoms with van der Waals surface area (Å²) in [6.07, 6.45) is 0. The number of ether oxygens (including phenoxy) is 1. The van der Waals surface area contributed by atoms with Crippen LogP contribution < -0.4 is 0 Å². The number of esters is 1. The van der Waals surface area contributed by atoms with Crippen LogP contribution in [0.2, 0.25) is 0 Å². The average Bonchev–Trinajstić information content (AvgIpc) is 2.47. The van der Waals surface area contributed by atoms with E-state index >= 15 is 0 Å². The molecule has 7 nitrogen and oxygen atoms in total. The molecule has 0 amide bonds. The van der Waals surface area contributed by atoms with E-state index in [9.17, 15) is 4.79 Å². The minimum atomic E-state index is -0.617. The van der Waals surface area contributed by atoms with E-state index in [0.717, 1.165) is 5.56 Å². The molecule has 94 valence electrons. The Labute approximate surface area is 108 Å². The summed E-state index contributed by atoms with van der Waals surface area (Å²) in [4.78, 5) is 22.0. The Morgan fingerprint density at radius 3 is 2.68 bits per heavy atom. The fourth-order valence-corrected chi connectivity index (χ4v) is 1.49. The third-order valence-electron chi connectivity index (χ3n) is 2.31. The van der Waals surface area contributed by atoms with E-state index in [0.29, 0.717) is 5.69 Å². The van der Waals surface area contributed by atoms with Gasteiger partial charge in [-0.3, -0.25) is 0 Å². The van der Waals surface area contributed by atoms with E-state index in [1.54, 1.807) is 0 Å². The Hall–Kier alpha value is -2.92. The van der Waals surface area contributed by atoms with Gasteiger partial charge in [0, 0.05) is 10.5 Å². The number of nitrogens with zero attached hydrogens (tertiary/aromatic N) is 5. The summed E-state index contributed by atoms with van der Waals surface area (Å²) in [7, 11) is 1.25. The molecule has 2 rings (SSSR count). The molecule has 0 spiro atoms. The molecule has 0 aliphatic carbocycles. The molecule has 0 saturated heterocycles. The van der Waals surface area contributed by atoms with Gasteiger partial charge in [-0.2, -0.15) is 0 Å². The van der Waals surface area contributed by atoms with Crippen LogP contribution in [-0.4, -0.2) is 23.0 Å². The number of carbonyl (C=O) groups excluding carboxylic acids is 1. The van der Waals surface area contributed by atoms with E-state index in [1.165, 1.54) is 13.2 Å². The number of azide groups is 1. The smallest absolute Gasteiger partial charge is 0.356 e. The van der Waals surface area contributed by atoms with E-state index < -0.39 is 5.97 Å². The van der Waals surface area contributed by atoms with E-state index in [-0.39, 0.29) is 11.6 Å². The molecular formula is C12H9N5O2. The van der Waals surface area contributed by atoms with Crippen LogP contribution in [0.4, 0.5) is 5.95 Å². The first-order valence-corrected chi connectivity index (χ1v) is 5.32. The number of carbonyl (C=O) groups is 1. The lowest BCUT2D eigenvalue weighted by Crippen LogP contribution is -2.05. The molecule has 0 saturated carbocycles. The topological polar surface area (TPSA) is 101 Å². The lowest BCUT2D eigenvalue weighted by Gasteiger charge is -2.04. The molecule has 0 unspecified atom stereocenters. The molecule has 2 aromatic rings. The number of hydrogen-bond acceptors (Lipinski definition) is 5. The maximum absolute atomic E-state index is 11.5. The van der Waals surface area contributed by atoms with Gasteiger partial charge in [-0.05, 0) is 16.7 Å². The van der Waals surface area contributed by atoms with Gasteiger partial charge in [0.05, 0.1) is 12.8 Å². The van der Waals surface area contributed by atoms with Gasteiger partial charge in [0.1, 0.15) is 0 Å². The molecule has 19 heavy (non-hydrogen) atoms. The van der Waals surface area contributed by atoms with Crippen molar-refractivity contribution in [3.8, 4) is 11.3 Å². The second-order valence-electron chi connectivity index (χ2n) is 3.49. The monoisotopic (exact) mass is 255 g/mol. The summed E-state index contributed by atoms with van der Waals surface area (Å²) < 4.78 is 4.60. The van der Waals surface area contributed by atoms with Crippen LogP contribution in [0.25, 0.3) is 21.7 Å². The van der Waals surface area contributed by atoms with E-state index in [4.69, 9.17) is 5.53 Å². The summed E-state index contributed by atoms with van der Waals surface area (Å²) in [6.45, 7) is 0. The highest BCUT2D eigenvalue weighted by atomic mass is 16.5. The van der Waals surface area contributed by atoms with Crippen LogP contribution in [0.15, 0.2) is 41.5 Å². The van der Waals surface area contributed by atoms with Crippen molar-refractivity contribution in [1.29, 1.82) is 0 Å². The summed E-state index contributed by atoms with van der Waals surface area (Å²) >= 11 is 0. The van der Waals surface area contributed by atoms with Crippen molar-refractivity contribution in [2.24, 2.45) is 5.11 Å². The first-order valence-electron chi connectivity index (χ1n) is 5.32. The maximum atomic E-state index is 11.5. The zero-order chi connectivity index (χ0) is 13.7. The van der Waals surface area contributed by atoms with Gasteiger partial charge in [0.2, 0.25) is 5.95 Å². The SMILES string of the molecule is COC(=O)c1cc(-c2ccccc2)nc(N=[N+]=[N-])n1. The van der Waals surface area contributed by atoms with Crippen molar-refractivity contribution < 1.29 is 9.53 Å². The number of benzene rings is 1. The summed E-state index contributed by atoms with van der Waals surface area (Å²) in [5.74, 6) is -0.738. The van der Waals surface area contributed by atoms with Gasteiger partial charge in [-0.1, -0.05) is 30.3 Å². The lowest BCUT2D eigenvalue weighted by atomic mass is 10.1. The average molecular weight is 255 g/mol. The molecule has 0 N–H and O–H groups in total. The molecule has 1 aromatic carbocycles. The molecule has 0 atom stereocenters. The standard InChI is InChI=1S/C12H9N5O2/c1-19-11(18)10-7-9(8-5-3-2-4-6-8)14-12(15-10)16-17-13/h2-7H,1H3. The van der Waals surface area contributed by atoms with Gasteiger partial charge < -0.3 is 4.74 Å². The second kappa shape index (κ2) is 5.61. The van der Waals surface area contributed by atoms with Crippen molar-refractivity contribution in [1.82, 2.24) is 9.97 Å². The predicted molar refractivity (Wildman–Crippen MR) is 67.6 cm³/mol. The lowest BCUT2D eigenvalue weighted by molar-refractivity contribution is 0.0594. The summed E-state index contributed by atoms with van der Waals surface area (Å²) in [5, 5.41) is 3.32. The molecule has 1 aromatic heterocycles. The maximum Gasteiger partial charge on any atom is 0.356 e. The van der Waals surface area contributed by atoms with Crippen molar-refractivity contribution >= 4 is 11.9 Å². The Balaban J connectivity index is 2.58. The summed E-state index contributed by atoms with van der Waals surface area (Å²) in [5.41, 5.74) is 9.74. The number of rotatable bonds is 3. The molecule has 0 aliphatic rings. The highest BCUT2D eigenvalue weighted by Gasteiger charge is 2.12.